The topological polar surface area (TPSA) is 37.8 Å². The quantitative estimate of drug-likeness (QED) is 0.927. The van der Waals surface area contributed by atoms with Crippen molar-refractivity contribution in [3.63, 3.8) is 0 Å². The molecule has 1 heterocycles. The maximum atomic E-state index is 13.4. The zero-order valence-electron chi connectivity index (χ0n) is 12.4. The Morgan fingerprint density at radius 1 is 1.15 bits per heavy atom. The molecule has 0 amide bonds. The van der Waals surface area contributed by atoms with Crippen LogP contribution in [0.1, 0.15) is 30.8 Å². The molecule has 0 fully saturated rings. The van der Waals surface area contributed by atoms with Crippen LogP contribution >= 0.6 is 0 Å². The smallest absolute Gasteiger partial charge is 0.160 e. The minimum atomic E-state index is -0.266. The lowest BCUT2D eigenvalue weighted by Crippen LogP contribution is -2.22. The van der Waals surface area contributed by atoms with Crippen LogP contribution in [0.15, 0.2) is 24.3 Å². The summed E-state index contributed by atoms with van der Waals surface area (Å²) < 4.78 is 13.4. The van der Waals surface area contributed by atoms with E-state index in [2.05, 4.69) is 29.1 Å². The van der Waals surface area contributed by atoms with Crippen LogP contribution in [-0.2, 0) is 6.54 Å². The van der Waals surface area contributed by atoms with Crippen molar-refractivity contribution >= 4 is 0 Å². The fourth-order valence-corrected chi connectivity index (χ4v) is 1.99. The van der Waals surface area contributed by atoms with Crippen molar-refractivity contribution in [2.45, 2.75) is 40.3 Å². The molecule has 0 spiro atoms. The Bertz CT molecular complexity index is 609. The van der Waals surface area contributed by atoms with Gasteiger partial charge in [-0.25, -0.2) is 14.4 Å². The average molecular weight is 273 g/mol. The van der Waals surface area contributed by atoms with Crippen LogP contribution in [0.5, 0.6) is 0 Å². The molecule has 1 aromatic carbocycles. The summed E-state index contributed by atoms with van der Waals surface area (Å²) in [6.07, 6.45) is 0. The first-order valence-corrected chi connectivity index (χ1v) is 6.80. The highest BCUT2D eigenvalue weighted by Gasteiger charge is 2.09. The Kier molecular flexibility index (Phi) is 4.45. The molecule has 1 aromatic heterocycles. The predicted octanol–water partition coefficient (Wildman–Crippen LogP) is 3.40. The normalized spacial score (nSPS) is 11.1. The SMILES string of the molecule is Cc1cc(CNC(C)C)nc(-c2cc(F)ccc2C)n1. The molecule has 0 bridgehead atoms. The van der Waals surface area contributed by atoms with Crippen molar-refractivity contribution in [2.75, 3.05) is 0 Å². The van der Waals surface area contributed by atoms with Gasteiger partial charge in [0.15, 0.2) is 5.82 Å². The minimum Gasteiger partial charge on any atom is -0.309 e. The van der Waals surface area contributed by atoms with Crippen LogP contribution < -0.4 is 5.32 Å². The Labute approximate surface area is 119 Å². The molecule has 2 aromatic rings. The van der Waals surface area contributed by atoms with Crippen molar-refractivity contribution in [2.24, 2.45) is 0 Å². The van der Waals surface area contributed by atoms with Crippen LogP contribution in [0, 0.1) is 19.7 Å². The predicted molar refractivity (Wildman–Crippen MR) is 78.9 cm³/mol. The third-order valence-corrected chi connectivity index (χ3v) is 3.04. The van der Waals surface area contributed by atoms with E-state index in [0.29, 0.717) is 18.4 Å². The molecular formula is C16H20FN3. The van der Waals surface area contributed by atoms with E-state index < -0.39 is 0 Å². The van der Waals surface area contributed by atoms with E-state index in [0.717, 1.165) is 22.5 Å². The van der Waals surface area contributed by atoms with Crippen molar-refractivity contribution < 1.29 is 4.39 Å². The van der Waals surface area contributed by atoms with Crippen LogP contribution in [0.2, 0.25) is 0 Å². The standard InChI is InChI=1S/C16H20FN3/c1-10(2)18-9-14-7-12(4)19-16(20-14)15-8-13(17)6-5-11(15)3/h5-8,10,18H,9H2,1-4H3. The van der Waals surface area contributed by atoms with E-state index in [4.69, 9.17) is 0 Å². The molecule has 0 atom stereocenters. The third kappa shape index (κ3) is 3.61. The van der Waals surface area contributed by atoms with Crippen molar-refractivity contribution in [1.82, 2.24) is 15.3 Å². The summed E-state index contributed by atoms with van der Waals surface area (Å²) in [6, 6.07) is 7.04. The molecule has 3 nitrogen and oxygen atoms in total. The van der Waals surface area contributed by atoms with Gasteiger partial charge in [-0.2, -0.15) is 0 Å². The van der Waals surface area contributed by atoms with Crippen molar-refractivity contribution in [1.29, 1.82) is 0 Å². The molecule has 2 rings (SSSR count). The number of benzene rings is 1. The molecule has 4 heteroatoms. The third-order valence-electron chi connectivity index (χ3n) is 3.04. The first-order valence-electron chi connectivity index (χ1n) is 6.80. The van der Waals surface area contributed by atoms with Gasteiger partial charge < -0.3 is 5.32 Å². The van der Waals surface area contributed by atoms with Gasteiger partial charge in [0.25, 0.3) is 0 Å². The van der Waals surface area contributed by atoms with Gasteiger partial charge in [-0.3, -0.25) is 0 Å². The molecule has 0 unspecified atom stereocenters. The van der Waals surface area contributed by atoms with Gasteiger partial charge in [0.05, 0.1) is 5.69 Å². The molecule has 0 aliphatic heterocycles. The maximum absolute atomic E-state index is 13.4. The monoisotopic (exact) mass is 273 g/mol. The summed E-state index contributed by atoms with van der Waals surface area (Å²) in [4.78, 5) is 8.97. The van der Waals surface area contributed by atoms with E-state index >= 15 is 0 Å². The van der Waals surface area contributed by atoms with E-state index in [1.807, 2.05) is 19.9 Å². The summed E-state index contributed by atoms with van der Waals surface area (Å²) >= 11 is 0. The number of aromatic nitrogens is 2. The molecule has 106 valence electrons. The van der Waals surface area contributed by atoms with Crippen molar-refractivity contribution in [3.8, 4) is 11.4 Å². The highest BCUT2D eigenvalue weighted by molar-refractivity contribution is 5.60. The van der Waals surface area contributed by atoms with Crippen LogP contribution in [0.4, 0.5) is 4.39 Å². The van der Waals surface area contributed by atoms with Gasteiger partial charge in [-0.05, 0) is 37.6 Å². The number of aryl methyl sites for hydroxylation is 2. The number of rotatable bonds is 4. The molecule has 0 saturated heterocycles. The summed E-state index contributed by atoms with van der Waals surface area (Å²) in [5.74, 6) is 0.320. The van der Waals surface area contributed by atoms with Crippen molar-refractivity contribution in [3.05, 3.63) is 47.0 Å². The van der Waals surface area contributed by atoms with E-state index in [1.54, 1.807) is 6.07 Å². The van der Waals surface area contributed by atoms with Gasteiger partial charge in [-0.15, -0.1) is 0 Å². The Hall–Kier alpha value is -1.81. The van der Waals surface area contributed by atoms with Gasteiger partial charge in [0, 0.05) is 23.8 Å². The molecule has 20 heavy (non-hydrogen) atoms. The molecule has 1 N–H and O–H groups in total. The van der Waals surface area contributed by atoms with E-state index in [-0.39, 0.29) is 5.82 Å². The van der Waals surface area contributed by atoms with Gasteiger partial charge in [0.1, 0.15) is 5.82 Å². The fourth-order valence-electron chi connectivity index (χ4n) is 1.99. The Morgan fingerprint density at radius 2 is 1.90 bits per heavy atom. The Morgan fingerprint density at radius 3 is 2.60 bits per heavy atom. The highest BCUT2D eigenvalue weighted by Crippen LogP contribution is 2.21. The lowest BCUT2D eigenvalue weighted by molar-refractivity contribution is 0.580. The number of nitrogens with zero attached hydrogens (tertiary/aromatic N) is 2. The van der Waals surface area contributed by atoms with Gasteiger partial charge in [0.2, 0.25) is 0 Å². The van der Waals surface area contributed by atoms with E-state index in [9.17, 15) is 4.39 Å². The summed E-state index contributed by atoms with van der Waals surface area (Å²) in [5.41, 5.74) is 3.53. The fraction of sp³-hybridized carbons (Fsp3) is 0.375. The zero-order chi connectivity index (χ0) is 14.7. The van der Waals surface area contributed by atoms with Crippen LogP contribution in [0.3, 0.4) is 0 Å². The number of hydrogen-bond donors (Lipinski definition) is 1. The lowest BCUT2D eigenvalue weighted by Gasteiger charge is -2.11. The molecule has 0 aliphatic carbocycles. The summed E-state index contributed by atoms with van der Waals surface area (Å²) in [5, 5.41) is 3.33. The average Bonchev–Trinajstić information content (AvgIpc) is 2.38. The van der Waals surface area contributed by atoms with Crippen LogP contribution in [0.25, 0.3) is 11.4 Å². The molecular weight excluding hydrogens is 253 g/mol. The number of halogens is 1. The van der Waals surface area contributed by atoms with E-state index in [1.165, 1.54) is 12.1 Å². The number of nitrogens with one attached hydrogen (secondary N) is 1. The summed E-state index contributed by atoms with van der Waals surface area (Å²) in [7, 11) is 0. The second-order valence-corrected chi connectivity index (χ2v) is 5.32. The second-order valence-electron chi connectivity index (χ2n) is 5.32. The zero-order valence-corrected chi connectivity index (χ0v) is 12.4. The Balaban J connectivity index is 2.38. The molecule has 0 radical (unpaired) electrons. The number of hydrogen-bond acceptors (Lipinski definition) is 3. The van der Waals surface area contributed by atoms with Gasteiger partial charge in [-0.1, -0.05) is 19.9 Å². The summed E-state index contributed by atoms with van der Waals surface area (Å²) in [6.45, 7) is 8.73. The van der Waals surface area contributed by atoms with Crippen LogP contribution in [-0.4, -0.2) is 16.0 Å². The second kappa shape index (κ2) is 6.09. The minimum absolute atomic E-state index is 0.266. The van der Waals surface area contributed by atoms with Gasteiger partial charge >= 0.3 is 0 Å². The molecule has 0 saturated carbocycles. The maximum Gasteiger partial charge on any atom is 0.160 e. The first-order chi connectivity index (χ1) is 9.45. The first kappa shape index (κ1) is 14.6. The lowest BCUT2D eigenvalue weighted by atomic mass is 10.1. The molecule has 0 aliphatic rings. The largest absolute Gasteiger partial charge is 0.309 e. The highest BCUT2D eigenvalue weighted by atomic mass is 19.1.